The van der Waals surface area contributed by atoms with E-state index in [0.29, 0.717) is 23.0 Å². The summed E-state index contributed by atoms with van der Waals surface area (Å²) in [6, 6.07) is 3.16. The van der Waals surface area contributed by atoms with Crippen molar-refractivity contribution in [3.05, 3.63) is 17.7 Å². The summed E-state index contributed by atoms with van der Waals surface area (Å²) in [5.74, 6) is 1.13. The fraction of sp³-hybridized carbons (Fsp3) is 0.462. The van der Waals surface area contributed by atoms with Crippen molar-refractivity contribution in [2.75, 3.05) is 27.1 Å². The van der Waals surface area contributed by atoms with Crippen molar-refractivity contribution in [1.82, 2.24) is 0 Å². The molecule has 0 aromatic heterocycles. The second kappa shape index (κ2) is 6.23. The highest BCUT2D eigenvalue weighted by Gasteiger charge is 2.32. The Morgan fingerprint density at radius 1 is 1.25 bits per heavy atom. The molecule has 2 rings (SSSR count). The molecule has 6 nitrogen and oxygen atoms in total. The number of hydrogen-bond acceptors (Lipinski definition) is 6. The number of methoxy groups -OCH3 is 3. The first-order chi connectivity index (χ1) is 9.60. The quantitative estimate of drug-likeness (QED) is 0.761. The number of carboxylic acids is 1. The minimum absolute atomic E-state index is 0.0217. The van der Waals surface area contributed by atoms with Crippen LogP contribution < -0.4 is 24.6 Å². The van der Waals surface area contributed by atoms with Gasteiger partial charge in [0.15, 0.2) is 16.9 Å². The molecule has 1 aromatic carbocycles. The van der Waals surface area contributed by atoms with Gasteiger partial charge in [0.1, 0.15) is 12.0 Å². The molecule has 0 aliphatic carbocycles. The molecular weight excluding hydrogens is 282 g/mol. The summed E-state index contributed by atoms with van der Waals surface area (Å²) >= 11 is 1.56. The van der Waals surface area contributed by atoms with E-state index >= 15 is 0 Å². The van der Waals surface area contributed by atoms with E-state index < -0.39 is 12.0 Å². The Morgan fingerprint density at radius 2 is 1.85 bits per heavy atom. The van der Waals surface area contributed by atoms with Crippen molar-refractivity contribution in [3.8, 4) is 17.2 Å². The first-order valence-electron chi connectivity index (χ1n) is 6.08. The number of hydrogen-bond donors (Lipinski definition) is 1. The highest BCUT2D eigenvalue weighted by Crippen LogP contribution is 2.41. The maximum Gasteiger partial charge on any atom is 0.203 e. The standard InChI is InChI=1S/C13H17NO5S/c1-17-9-4-7(5-10(18-2)11(9)19-3)12-14-8(6-20-12)13(15)16/h4-5,8,12,14H,6H2,1-3H3,(H,15,16). The van der Waals surface area contributed by atoms with Gasteiger partial charge >= 0.3 is 0 Å². The zero-order chi connectivity index (χ0) is 14.7. The summed E-state index contributed by atoms with van der Waals surface area (Å²) in [5, 5.41) is 12.7. The third-order valence-electron chi connectivity index (χ3n) is 3.18. The summed E-state index contributed by atoms with van der Waals surface area (Å²) in [4.78, 5) is 10.9. The predicted molar refractivity (Wildman–Crippen MR) is 72.0 cm³/mol. The lowest BCUT2D eigenvalue weighted by Crippen LogP contribution is -2.90. The normalized spacial score (nSPS) is 21.6. The van der Waals surface area contributed by atoms with Crippen molar-refractivity contribution in [3.63, 3.8) is 0 Å². The zero-order valence-electron chi connectivity index (χ0n) is 11.5. The fourth-order valence-corrected chi connectivity index (χ4v) is 3.44. The molecule has 0 bridgehead atoms. The third-order valence-corrected chi connectivity index (χ3v) is 4.52. The highest BCUT2D eigenvalue weighted by molar-refractivity contribution is 7.99. The minimum Gasteiger partial charge on any atom is -0.544 e. The summed E-state index contributed by atoms with van der Waals surface area (Å²) in [7, 11) is 4.65. The van der Waals surface area contributed by atoms with E-state index in [4.69, 9.17) is 14.2 Å². The Labute approximate surface area is 121 Å². The maximum absolute atomic E-state index is 10.9. The highest BCUT2D eigenvalue weighted by atomic mass is 32.2. The Kier molecular flexibility index (Phi) is 4.61. The van der Waals surface area contributed by atoms with Crippen LogP contribution in [0.4, 0.5) is 0 Å². The van der Waals surface area contributed by atoms with E-state index in [2.05, 4.69) is 0 Å². The van der Waals surface area contributed by atoms with E-state index in [1.165, 1.54) is 0 Å². The smallest absolute Gasteiger partial charge is 0.203 e. The van der Waals surface area contributed by atoms with E-state index in [1.807, 2.05) is 12.1 Å². The van der Waals surface area contributed by atoms with Crippen LogP contribution in [0.15, 0.2) is 12.1 Å². The number of carboxylic acid groups (broad SMARTS) is 1. The molecule has 1 aliphatic rings. The largest absolute Gasteiger partial charge is 0.544 e. The molecule has 0 amide bonds. The van der Waals surface area contributed by atoms with Crippen molar-refractivity contribution in [2.45, 2.75) is 11.4 Å². The molecule has 7 heteroatoms. The van der Waals surface area contributed by atoms with Crippen LogP contribution >= 0.6 is 11.8 Å². The molecule has 0 spiro atoms. The number of thioether (sulfide) groups is 1. The fourth-order valence-electron chi connectivity index (χ4n) is 2.15. The molecule has 110 valence electrons. The summed E-state index contributed by atoms with van der Waals surface area (Å²) in [5.41, 5.74) is 0.924. The molecule has 1 fully saturated rings. The van der Waals surface area contributed by atoms with Gasteiger partial charge in [0.05, 0.1) is 27.1 Å². The van der Waals surface area contributed by atoms with Gasteiger partial charge in [-0.1, -0.05) is 11.8 Å². The molecule has 1 saturated heterocycles. The van der Waals surface area contributed by atoms with Gasteiger partial charge in [-0.25, -0.2) is 0 Å². The van der Waals surface area contributed by atoms with Gasteiger partial charge in [0, 0.05) is 5.56 Å². The van der Waals surface area contributed by atoms with Crippen LogP contribution in [0.3, 0.4) is 0 Å². The number of nitrogens with two attached hydrogens (primary N) is 1. The molecule has 1 aromatic rings. The van der Waals surface area contributed by atoms with Gasteiger partial charge in [-0.2, -0.15) is 0 Å². The first kappa shape index (κ1) is 14.8. The number of carbonyl (C=O) groups excluding carboxylic acids is 1. The van der Waals surface area contributed by atoms with E-state index in [0.717, 1.165) is 5.56 Å². The monoisotopic (exact) mass is 299 g/mol. The van der Waals surface area contributed by atoms with Crippen molar-refractivity contribution < 1.29 is 29.4 Å². The van der Waals surface area contributed by atoms with Crippen LogP contribution in [0.25, 0.3) is 0 Å². The Morgan fingerprint density at radius 3 is 2.25 bits per heavy atom. The number of carbonyl (C=O) groups is 1. The van der Waals surface area contributed by atoms with Crippen LogP contribution in [0.5, 0.6) is 17.2 Å². The lowest BCUT2D eigenvalue weighted by molar-refractivity contribution is -0.690. The molecule has 2 N–H and O–H groups in total. The molecule has 1 heterocycles. The third kappa shape index (κ3) is 2.78. The molecule has 0 radical (unpaired) electrons. The average molecular weight is 299 g/mol. The zero-order valence-corrected chi connectivity index (χ0v) is 12.4. The number of rotatable bonds is 5. The Hall–Kier alpha value is -1.60. The van der Waals surface area contributed by atoms with Gasteiger partial charge in [-0.05, 0) is 12.1 Å². The maximum atomic E-state index is 10.9. The molecule has 20 heavy (non-hydrogen) atoms. The predicted octanol–water partition coefficient (Wildman–Crippen LogP) is -0.860. The average Bonchev–Trinajstić information content (AvgIpc) is 2.95. The van der Waals surface area contributed by atoms with Crippen molar-refractivity contribution in [2.24, 2.45) is 0 Å². The SMILES string of the molecule is COc1cc(C2[NH2+]C(C(=O)[O-])CS2)cc(OC)c1OC. The van der Waals surface area contributed by atoms with Crippen LogP contribution in [0.2, 0.25) is 0 Å². The minimum atomic E-state index is -1.03. The van der Waals surface area contributed by atoms with Gasteiger partial charge < -0.3 is 29.4 Å². The lowest BCUT2D eigenvalue weighted by atomic mass is 10.1. The van der Waals surface area contributed by atoms with Crippen molar-refractivity contribution >= 4 is 17.7 Å². The first-order valence-corrected chi connectivity index (χ1v) is 7.13. The van der Waals surface area contributed by atoms with E-state index in [-0.39, 0.29) is 5.37 Å². The number of ether oxygens (including phenoxy) is 3. The molecular formula is C13H17NO5S. The molecule has 2 unspecified atom stereocenters. The Balaban J connectivity index is 2.31. The van der Waals surface area contributed by atoms with Crippen molar-refractivity contribution in [1.29, 1.82) is 0 Å². The second-order valence-corrected chi connectivity index (χ2v) is 5.51. The van der Waals surface area contributed by atoms with Crippen LogP contribution in [-0.2, 0) is 4.79 Å². The van der Waals surface area contributed by atoms with Gasteiger partial charge in [-0.15, -0.1) is 0 Å². The van der Waals surface area contributed by atoms with Crippen LogP contribution in [-0.4, -0.2) is 39.1 Å². The number of quaternary nitrogens is 1. The van der Waals surface area contributed by atoms with E-state index in [1.54, 1.807) is 38.4 Å². The van der Waals surface area contributed by atoms with Gasteiger partial charge in [0.25, 0.3) is 0 Å². The van der Waals surface area contributed by atoms with Gasteiger partial charge in [0.2, 0.25) is 5.75 Å². The van der Waals surface area contributed by atoms with E-state index in [9.17, 15) is 9.90 Å². The topological polar surface area (TPSA) is 84.4 Å². The second-order valence-electron chi connectivity index (χ2n) is 4.33. The Bertz CT molecular complexity index is 483. The lowest BCUT2D eigenvalue weighted by Gasteiger charge is -2.16. The van der Waals surface area contributed by atoms with Crippen LogP contribution in [0.1, 0.15) is 10.9 Å². The van der Waals surface area contributed by atoms with Crippen LogP contribution in [0, 0.1) is 0 Å². The number of aliphatic carboxylic acids is 1. The number of benzene rings is 1. The molecule has 0 saturated carbocycles. The summed E-state index contributed by atoms with van der Waals surface area (Å²) in [6.45, 7) is 0. The summed E-state index contributed by atoms with van der Waals surface area (Å²) < 4.78 is 15.9. The molecule has 2 atom stereocenters. The summed E-state index contributed by atoms with van der Waals surface area (Å²) in [6.07, 6.45) is 0. The molecule has 1 aliphatic heterocycles. The van der Waals surface area contributed by atoms with Gasteiger partial charge in [-0.3, -0.25) is 0 Å².